The van der Waals surface area contributed by atoms with Crippen LogP contribution in [0.25, 0.3) is 0 Å². The zero-order valence-electron chi connectivity index (χ0n) is 13.8. The van der Waals surface area contributed by atoms with Gasteiger partial charge in [0.1, 0.15) is 0 Å². The quantitative estimate of drug-likeness (QED) is 0.723. The maximum atomic E-state index is 12.3. The second-order valence-corrected chi connectivity index (χ2v) is 6.82. The van der Waals surface area contributed by atoms with Gasteiger partial charge in [0, 0.05) is 25.1 Å². The molecule has 0 radical (unpaired) electrons. The fraction of sp³-hybridized carbons (Fsp3) is 0.632. The van der Waals surface area contributed by atoms with Crippen LogP contribution in [0.5, 0.6) is 0 Å². The van der Waals surface area contributed by atoms with Gasteiger partial charge in [0.25, 0.3) is 0 Å². The van der Waals surface area contributed by atoms with Crippen LogP contribution in [0, 0.1) is 19.8 Å². The first-order valence-corrected chi connectivity index (χ1v) is 8.34. The number of Topliss-reactive ketones (excluding diaryl/α,β-unsaturated/α-hetero) is 1. The maximum absolute atomic E-state index is 12.3. The van der Waals surface area contributed by atoms with Crippen molar-refractivity contribution in [2.45, 2.75) is 52.4 Å². The molecule has 0 bridgehead atoms. The number of nitrogens with zero attached hydrogens (tertiary/aromatic N) is 1. The molecule has 0 aliphatic heterocycles. The van der Waals surface area contributed by atoms with Crippen molar-refractivity contribution in [1.29, 1.82) is 0 Å². The summed E-state index contributed by atoms with van der Waals surface area (Å²) in [5.41, 5.74) is 3.22. The van der Waals surface area contributed by atoms with E-state index < -0.39 is 0 Å². The molecule has 0 atom stereocenters. The van der Waals surface area contributed by atoms with Gasteiger partial charge in [0.2, 0.25) is 0 Å². The molecule has 116 valence electrons. The average molecular weight is 287 g/mol. The third kappa shape index (κ3) is 5.28. The van der Waals surface area contributed by atoms with Crippen LogP contribution in [0.2, 0.25) is 0 Å². The third-order valence-electron chi connectivity index (χ3n) is 4.56. The standard InChI is InChI=1S/C19H29NO/c1-15-11-16(2)13-18(12-15)19(21)9-10-20(3)14-17-7-5-4-6-8-17/h11-13,17H,4-10,14H2,1-3H3. The van der Waals surface area contributed by atoms with E-state index in [1.54, 1.807) is 0 Å². The summed E-state index contributed by atoms with van der Waals surface area (Å²) in [4.78, 5) is 14.7. The van der Waals surface area contributed by atoms with Crippen LogP contribution in [-0.2, 0) is 0 Å². The molecule has 1 saturated carbocycles. The topological polar surface area (TPSA) is 20.3 Å². The Hall–Kier alpha value is -1.15. The average Bonchev–Trinajstić information content (AvgIpc) is 2.45. The first-order chi connectivity index (χ1) is 10.0. The van der Waals surface area contributed by atoms with Crippen LogP contribution in [-0.4, -0.2) is 30.8 Å². The van der Waals surface area contributed by atoms with E-state index in [1.165, 1.54) is 43.2 Å². The van der Waals surface area contributed by atoms with Crippen molar-refractivity contribution in [2.75, 3.05) is 20.1 Å². The smallest absolute Gasteiger partial charge is 0.164 e. The highest BCUT2D eigenvalue weighted by Gasteiger charge is 2.16. The lowest BCUT2D eigenvalue weighted by molar-refractivity contribution is 0.0964. The molecule has 0 aromatic heterocycles. The molecule has 0 N–H and O–H groups in total. The van der Waals surface area contributed by atoms with E-state index >= 15 is 0 Å². The van der Waals surface area contributed by atoms with Crippen molar-refractivity contribution in [3.05, 3.63) is 34.9 Å². The van der Waals surface area contributed by atoms with Crippen molar-refractivity contribution in [2.24, 2.45) is 5.92 Å². The van der Waals surface area contributed by atoms with Crippen LogP contribution >= 0.6 is 0 Å². The second-order valence-electron chi connectivity index (χ2n) is 6.82. The summed E-state index contributed by atoms with van der Waals surface area (Å²) in [5.74, 6) is 1.12. The van der Waals surface area contributed by atoms with Crippen LogP contribution in [0.1, 0.15) is 60.0 Å². The van der Waals surface area contributed by atoms with Crippen LogP contribution < -0.4 is 0 Å². The summed E-state index contributed by atoms with van der Waals surface area (Å²) < 4.78 is 0. The molecule has 21 heavy (non-hydrogen) atoms. The predicted molar refractivity (Wildman–Crippen MR) is 88.9 cm³/mol. The van der Waals surface area contributed by atoms with Crippen LogP contribution in [0.15, 0.2) is 18.2 Å². The van der Waals surface area contributed by atoms with Gasteiger partial charge in [-0.1, -0.05) is 36.5 Å². The van der Waals surface area contributed by atoms with Crippen molar-refractivity contribution in [1.82, 2.24) is 4.90 Å². The number of benzene rings is 1. The Morgan fingerprint density at radius 1 is 1.10 bits per heavy atom. The highest BCUT2D eigenvalue weighted by Crippen LogP contribution is 2.24. The summed E-state index contributed by atoms with van der Waals surface area (Å²) in [7, 11) is 2.16. The van der Waals surface area contributed by atoms with E-state index in [-0.39, 0.29) is 5.78 Å². The molecule has 0 saturated heterocycles. The first-order valence-electron chi connectivity index (χ1n) is 8.34. The number of carbonyl (C=O) groups excluding carboxylic acids is 1. The fourth-order valence-electron chi connectivity index (χ4n) is 3.47. The third-order valence-corrected chi connectivity index (χ3v) is 4.56. The molecule has 1 aliphatic rings. The number of rotatable bonds is 6. The molecule has 0 spiro atoms. The Labute approximate surface area is 129 Å². The van der Waals surface area contributed by atoms with Gasteiger partial charge in [-0.25, -0.2) is 0 Å². The fourth-order valence-corrected chi connectivity index (χ4v) is 3.47. The van der Waals surface area contributed by atoms with Gasteiger partial charge in [0.05, 0.1) is 0 Å². The van der Waals surface area contributed by atoms with Gasteiger partial charge in [-0.15, -0.1) is 0 Å². The summed E-state index contributed by atoms with van der Waals surface area (Å²) in [5, 5.41) is 0. The highest BCUT2D eigenvalue weighted by atomic mass is 16.1. The Balaban J connectivity index is 1.79. The number of ketones is 1. The summed E-state index contributed by atoms with van der Waals surface area (Å²) >= 11 is 0. The molecule has 1 aromatic rings. The van der Waals surface area contributed by atoms with E-state index in [1.807, 2.05) is 12.1 Å². The maximum Gasteiger partial charge on any atom is 0.164 e. The van der Waals surface area contributed by atoms with Crippen LogP contribution in [0.4, 0.5) is 0 Å². The van der Waals surface area contributed by atoms with Crippen molar-refractivity contribution in [3.63, 3.8) is 0 Å². The lowest BCUT2D eigenvalue weighted by atomic mass is 9.89. The molecule has 2 nitrogen and oxygen atoms in total. The molecular weight excluding hydrogens is 258 g/mol. The molecule has 0 amide bonds. The number of hydrogen-bond acceptors (Lipinski definition) is 2. The lowest BCUT2D eigenvalue weighted by Gasteiger charge is -2.26. The van der Waals surface area contributed by atoms with Gasteiger partial charge in [-0.3, -0.25) is 4.79 Å². The monoisotopic (exact) mass is 287 g/mol. The Kier molecular flexibility index (Phi) is 5.98. The van der Waals surface area contributed by atoms with Crippen molar-refractivity contribution < 1.29 is 4.79 Å². The summed E-state index contributed by atoms with van der Waals surface area (Å²) in [6, 6.07) is 6.14. The predicted octanol–water partition coefficient (Wildman–Crippen LogP) is 4.39. The number of carbonyl (C=O) groups is 1. The van der Waals surface area contributed by atoms with E-state index in [4.69, 9.17) is 0 Å². The molecule has 0 heterocycles. The largest absolute Gasteiger partial charge is 0.306 e. The van der Waals surface area contributed by atoms with Crippen molar-refractivity contribution >= 4 is 5.78 Å². The summed E-state index contributed by atoms with van der Waals surface area (Å²) in [6.45, 7) is 6.14. The molecule has 1 aromatic carbocycles. The van der Waals surface area contributed by atoms with Gasteiger partial charge in [-0.2, -0.15) is 0 Å². The van der Waals surface area contributed by atoms with Crippen molar-refractivity contribution in [3.8, 4) is 0 Å². The molecule has 0 unspecified atom stereocenters. The summed E-state index contributed by atoms with van der Waals surface area (Å²) in [6.07, 6.45) is 7.56. The van der Waals surface area contributed by atoms with E-state index in [0.29, 0.717) is 6.42 Å². The Bertz CT molecular complexity index is 454. The van der Waals surface area contributed by atoms with E-state index in [9.17, 15) is 4.79 Å². The Morgan fingerprint density at radius 3 is 2.33 bits per heavy atom. The van der Waals surface area contributed by atoms with E-state index in [2.05, 4.69) is 31.9 Å². The number of aryl methyl sites for hydroxylation is 2. The van der Waals surface area contributed by atoms with Gasteiger partial charge in [-0.05, 0) is 51.8 Å². The van der Waals surface area contributed by atoms with E-state index in [0.717, 1.165) is 24.6 Å². The normalized spacial score (nSPS) is 16.4. The first kappa shape index (κ1) is 16.2. The lowest BCUT2D eigenvalue weighted by Crippen LogP contribution is -2.29. The zero-order chi connectivity index (χ0) is 15.2. The highest BCUT2D eigenvalue weighted by molar-refractivity contribution is 5.96. The molecule has 2 rings (SSSR count). The number of hydrogen-bond donors (Lipinski definition) is 0. The van der Waals surface area contributed by atoms with Crippen LogP contribution in [0.3, 0.4) is 0 Å². The minimum atomic E-state index is 0.275. The molecular formula is C19H29NO. The minimum Gasteiger partial charge on any atom is -0.306 e. The second kappa shape index (κ2) is 7.74. The van der Waals surface area contributed by atoms with Gasteiger partial charge >= 0.3 is 0 Å². The molecule has 1 fully saturated rings. The molecule has 1 aliphatic carbocycles. The molecule has 2 heteroatoms. The zero-order valence-corrected chi connectivity index (χ0v) is 13.8. The SMILES string of the molecule is Cc1cc(C)cc(C(=O)CCN(C)CC2CCCCC2)c1. The van der Waals surface area contributed by atoms with Gasteiger partial charge in [0.15, 0.2) is 5.78 Å². The van der Waals surface area contributed by atoms with Gasteiger partial charge < -0.3 is 4.90 Å². The Morgan fingerprint density at radius 2 is 1.71 bits per heavy atom. The minimum absolute atomic E-state index is 0.275.